The summed E-state index contributed by atoms with van der Waals surface area (Å²) in [6, 6.07) is 23.0. The molecule has 0 radical (unpaired) electrons. The molecule has 3 aromatic carbocycles. The normalized spacial score (nSPS) is 27.2. The first-order valence-corrected chi connectivity index (χ1v) is 16.2. The molecule has 4 aliphatic heterocycles. The molecule has 9 heteroatoms. The molecule has 2 fully saturated rings. The predicted molar refractivity (Wildman–Crippen MR) is 173 cm³/mol. The highest BCUT2D eigenvalue weighted by molar-refractivity contribution is 6.09. The molecule has 3 amide bonds. The monoisotopic (exact) mass is 623 g/mol. The summed E-state index contributed by atoms with van der Waals surface area (Å²) in [7, 11) is 0. The number of hydrogen-bond acceptors (Lipinski definition) is 6. The first-order valence-electron chi connectivity index (χ1n) is 16.2. The van der Waals surface area contributed by atoms with Crippen molar-refractivity contribution >= 4 is 29.1 Å². The minimum Gasteiger partial charge on any atom is -0.394 e. The van der Waals surface area contributed by atoms with Gasteiger partial charge in [0.2, 0.25) is 11.8 Å². The lowest BCUT2D eigenvalue weighted by Crippen LogP contribution is -2.48. The van der Waals surface area contributed by atoms with Gasteiger partial charge >= 0.3 is 0 Å². The van der Waals surface area contributed by atoms with Crippen molar-refractivity contribution in [3.8, 4) is 0 Å². The smallest absolute Gasteiger partial charge is 0.264 e. The molecule has 4 aliphatic rings. The Morgan fingerprint density at radius 2 is 1.74 bits per heavy atom. The first kappa shape index (κ1) is 30.6. The van der Waals surface area contributed by atoms with Gasteiger partial charge < -0.3 is 29.6 Å². The van der Waals surface area contributed by atoms with E-state index in [2.05, 4.69) is 0 Å². The van der Waals surface area contributed by atoms with E-state index < -0.39 is 29.1 Å². The van der Waals surface area contributed by atoms with Crippen LogP contribution in [0.25, 0.3) is 0 Å². The van der Waals surface area contributed by atoms with Crippen molar-refractivity contribution in [2.24, 2.45) is 11.8 Å². The SMILES string of the molecule is C[C@H]1[C@H](C(C)(C)O)[C@@H](CC(=O)N2Cc3ccccc3C[C@H]2CO)O[C@]12C(=O)N(Cc1ccccc1)c1ccc(N3CCC3=O)cc12. The highest BCUT2D eigenvalue weighted by Crippen LogP contribution is 2.58. The predicted octanol–water partition coefficient (Wildman–Crippen LogP) is 3.92. The molecule has 9 nitrogen and oxygen atoms in total. The number of aliphatic hydroxyl groups is 2. The molecule has 0 saturated carbocycles. The maximum atomic E-state index is 14.8. The molecule has 7 rings (SSSR count). The van der Waals surface area contributed by atoms with Crippen molar-refractivity contribution in [3.63, 3.8) is 0 Å². The molecule has 0 unspecified atom stereocenters. The maximum Gasteiger partial charge on any atom is 0.264 e. The quantitative estimate of drug-likeness (QED) is 0.386. The number of β-lactam (4-membered cyclic amide) rings is 1. The van der Waals surface area contributed by atoms with E-state index in [9.17, 15) is 24.6 Å². The fourth-order valence-corrected chi connectivity index (χ4v) is 8.28. The number of amides is 3. The molecule has 4 heterocycles. The molecule has 0 aromatic heterocycles. The van der Waals surface area contributed by atoms with E-state index in [0.29, 0.717) is 49.4 Å². The number of hydrogen-bond donors (Lipinski definition) is 2. The first-order chi connectivity index (χ1) is 22.0. The summed E-state index contributed by atoms with van der Waals surface area (Å²) in [4.78, 5) is 46.5. The summed E-state index contributed by atoms with van der Waals surface area (Å²) in [6.45, 7) is 6.49. The van der Waals surface area contributed by atoms with Gasteiger partial charge in [-0.2, -0.15) is 0 Å². The third kappa shape index (κ3) is 4.84. The second kappa shape index (κ2) is 11.3. The van der Waals surface area contributed by atoms with Crippen LogP contribution in [0.4, 0.5) is 11.4 Å². The number of ether oxygens (including phenoxy) is 1. The van der Waals surface area contributed by atoms with Gasteiger partial charge in [0.05, 0.1) is 43.0 Å². The lowest BCUT2D eigenvalue weighted by Gasteiger charge is -2.38. The zero-order valence-electron chi connectivity index (χ0n) is 26.6. The van der Waals surface area contributed by atoms with E-state index >= 15 is 0 Å². The van der Waals surface area contributed by atoms with Crippen LogP contribution < -0.4 is 9.80 Å². The summed E-state index contributed by atoms with van der Waals surface area (Å²) < 4.78 is 6.92. The molecular formula is C37H41N3O6. The zero-order valence-corrected chi connectivity index (χ0v) is 26.6. The van der Waals surface area contributed by atoms with Crippen LogP contribution in [0.2, 0.25) is 0 Å². The number of anilines is 2. The van der Waals surface area contributed by atoms with Crippen LogP contribution in [0, 0.1) is 11.8 Å². The van der Waals surface area contributed by atoms with E-state index in [1.807, 2.05) is 79.7 Å². The molecule has 5 atom stereocenters. The summed E-state index contributed by atoms with van der Waals surface area (Å²) in [5.41, 5.74) is 2.43. The maximum absolute atomic E-state index is 14.8. The number of nitrogens with zero attached hydrogens (tertiary/aromatic N) is 3. The van der Waals surface area contributed by atoms with Crippen LogP contribution in [0.3, 0.4) is 0 Å². The van der Waals surface area contributed by atoms with E-state index in [0.717, 1.165) is 16.7 Å². The van der Waals surface area contributed by atoms with Gasteiger partial charge in [-0.15, -0.1) is 0 Å². The van der Waals surface area contributed by atoms with Gasteiger partial charge in [0, 0.05) is 42.6 Å². The third-order valence-electron chi connectivity index (χ3n) is 10.6. The summed E-state index contributed by atoms with van der Waals surface area (Å²) in [5.74, 6) is -1.47. The molecular weight excluding hydrogens is 582 g/mol. The van der Waals surface area contributed by atoms with Gasteiger partial charge in [0.25, 0.3) is 5.91 Å². The Morgan fingerprint density at radius 3 is 2.39 bits per heavy atom. The summed E-state index contributed by atoms with van der Waals surface area (Å²) >= 11 is 0. The highest BCUT2D eigenvalue weighted by atomic mass is 16.5. The van der Waals surface area contributed by atoms with Crippen LogP contribution >= 0.6 is 0 Å². The van der Waals surface area contributed by atoms with Crippen molar-refractivity contribution in [2.75, 3.05) is 23.0 Å². The van der Waals surface area contributed by atoms with Crippen LogP contribution in [0.1, 0.15) is 55.9 Å². The highest BCUT2D eigenvalue weighted by Gasteiger charge is 2.66. The van der Waals surface area contributed by atoms with Gasteiger partial charge in [-0.25, -0.2) is 0 Å². The molecule has 0 bridgehead atoms. The van der Waals surface area contributed by atoms with E-state index in [1.165, 1.54) is 0 Å². The number of rotatable bonds is 7. The zero-order chi connectivity index (χ0) is 32.4. The number of carbonyl (C=O) groups excluding carboxylic acids is 3. The molecule has 46 heavy (non-hydrogen) atoms. The summed E-state index contributed by atoms with van der Waals surface area (Å²) in [5, 5.41) is 21.8. The molecule has 2 saturated heterocycles. The Hall–Kier alpha value is -4.05. The molecule has 2 N–H and O–H groups in total. The van der Waals surface area contributed by atoms with Crippen LogP contribution in [0.5, 0.6) is 0 Å². The van der Waals surface area contributed by atoms with E-state index in [4.69, 9.17) is 4.74 Å². The van der Waals surface area contributed by atoms with Crippen LogP contribution in [0.15, 0.2) is 72.8 Å². The Bertz CT molecular complexity index is 1690. The third-order valence-corrected chi connectivity index (χ3v) is 10.6. The molecule has 1 spiro atoms. The number of benzene rings is 3. The van der Waals surface area contributed by atoms with Crippen molar-refractivity contribution in [1.82, 2.24) is 4.90 Å². The second-order valence-corrected chi connectivity index (χ2v) is 13.8. The largest absolute Gasteiger partial charge is 0.394 e. The Labute approximate surface area is 269 Å². The van der Waals surface area contributed by atoms with Crippen molar-refractivity contribution in [3.05, 3.63) is 95.1 Å². The Balaban J connectivity index is 1.27. The molecule has 240 valence electrons. The average Bonchev–Trinajstić information content (AvgIpc) is 3.46. The minimum atomic E-state index is -1.46. The van der Waals surface area contributed by atoms with Gasteiger partial charge in [0.1, 0.15) is 0 Å². The lowest BCUT2D eigenvalue weighted by atomic mass is 9.70. The van der Waals surface area contributed by atoms with Gasteiger partial charge in [-0.3, -0.25) is 14.4 Å². The van der Waals surface area contributed by atoms with Crippen LogP contribution in [-0.4, -0.2) is 63.7 Å². The van der Waals surface area contributed by atoms with Crippen molar-refractivity contribution in [1.29, 1.82) is 0 Å². The fourth-order valence-electron chi connectivity index (χ4n) is 8.28. The van der Waals surface area contributed by atoms with Crippen LogP contribution in [-0.2, 0) is 44.2 Å². The standard InChI is InChI=1S/C37H41N3O6/c1-23-34(36(2,3)45)31(19-33(43)39-21-26-12-8-7-11-25(26)17-28(39)22-41)46-37(23)29-18-27(38-16-15-32(38)42)13-14-30(29)40(35(37)44)20-24-9-5-4-6-10-24/h4-14,18,23,28,31,34,41,45H,15-17,19-22H2,1-3H3/t23-,28-,31+,34-,37+/m0/s1. The topological polar surface area (TPSA) is 111 Å². The van der Waals surface area contributed by atoms with Gasteiger partial charge in [-0.05, 0) is 55.2 Å². The van der Waals surface area contributed by atoms with E-state index in [1.54, 1.807) is 28.5 Å². The summed E-state index contributed by atoms with van der Waals surface area (Å²) in [6.07, 6.45) is 0.207. The molecule has 3 aromatic rings. The number of carbonyl (C=O) groups is 3. The fraction of sp³-hybridized carbons (Fsp3) is 0.432. The number of aliphatic hydroxyl groups excluding tert-OH is 1. The van der Waals surface area contributed by atoms with E-state index in [-0.39, 0.29) is 36.8 Å². The lowest BCUT2D eigenvalue weighted by molar-refractivity contribution is -0.151. The second-order valence-electron chi connectivity index (χ2n) is 13.8. The average molecular weight is 624 g/mol. The Kier molecular flexibility index (Phi) is 7.54. The van der Waals surface area contributed by atoms with Gasteiger partial charge in [-0.1, -0.05) is 61.5 Å². The number of fused-ring (bicyclic) bond motifs is 3. The van der Waals surface area contributed by atoms with Crippen molar-refractivity contribution in [2.45, 2.75) is 76.5 Å². The van der Waals surface area contributed by atoms with Crippen molar-refractivity contribution < 1.29 is 29.3 Å². The Morgan fingerprint density at radius 1 is 1.02 bits per heavy atom. The van der Waals surface area contributed by atoms with Gasteiger partial charge in [0.15, 0.2) is 5.60 Å². The molecule has 0 aliphatic carbocycles. The minimum absolute atomic E-state index is 0.0271.